The van der Waals surface area contributed by atoms with Crippen LogP contribution in [-0.2, 0) is 4.79 Å². The van der Waals surface area contributed by atoms with E-state index in [1.165, 1.54) is 17.1 Å². The molecule has 0 saturated heterocycles. The number of amides is 1. The molecule has 0 fully saturated rings. The van der Waals surface area contributed by atoms with Gasteiger partial charge in [0.15, 0.2) is 0 Å². The highest BCUT2D eigenvalue weighted by Gasteiger charge is 2.29. The molecule has 0 radical (unpaired) electrons. The molecule has 2 heterocycles. The molecule has 29 heavy (non-hydrogen) atoms. The minimum atomic E-state index is -0.978. The number of rotatable bonds is 4. The molecule has 1 aliphatic rings. The van der Waals surface area contributed by atoms with E-state index in [2.05, 4.69) is 5.10 Å². The maximum atomic E-state index is 12.8. The summed E-state index contributed by atoms with van der Waals surface area (Å²) < 4.78 is 5.84. The molecule has 1 amide bonds. The first-order valence-electron chi connectivity index (χ1n) is 9.04. The van der Waals surface area contributed by atoms with Crippen LogP contribution in [0.25, 0.3) is 17.4 Å². The van der Waals surface area contributed by atoms with Gasteiger partial charge in [-0.3, -0.25) is 4.79 Å². The zero-order chi connectivity index (χ0) is 20.5. The molecule has 0 atom stereocenters. The summed E-state index contributed by atoms with van der Waals surface area (Å²) in [5, 5.41) is 14.8. The average molecular weight is 386 g/mol. The molecule has 0 aliphatic carbocycles. The summed E-state index contributed by atoms with van der Waals surface area (Å²) in [7, 11) is 0. The highest BCUT2D eigenvalue weighted by molar-refractivity contribution is 6.32. The van der Waals surface area contributed by atoms with Gasteiger partial charge in [0.05, 0.1) is 22.5 Å². The Hall–Kier alpha value is -3.93. The van der Waals surface area contributed by atoms with Crippen LogP contribution < -0.4 is 5.01 Å². The lowest BCUT2D eigenvalue weighted by molar-refractivity contribution is -0.114. The number of nitrogens with zero attached hydrogens (tertiary/aromatic N) is 2. The van der Waals surface area contributed by atoms with Gasteiger partial charge in [-0.1, -0.05) is 29.8 Å². The maximum absolute atomic E-state index is 12.8. The molecule has 144 valence electrons. The molecule has 2 aromatic carbocycles. The van der Waals surface area contributed by atoms with E-state index in [9.17, 15) is 9.59 Å². The topological polar surface area (TPSA) is 83.1 Å². The molecule has 4 rings (SSSR count). The van der Waals surface area contributed by atoms with Gasteiger partial charge in [-0.25, -0.2) is 4.79 Å². The fraction of sp³-hybridized carbons (Fsp3) is 0.0870. The standard InChI is InChI=1S/C23H18N2O4/c1-14-3-9-18(10-4-14)25-22(26)20(15(2)24-25)13-19-11-12-21(29-19)16-5-7-17(8-6-16)23(27)28/h3-13H,1-2H3,(H,27,28). The van der Waals surface area contributed by atoms with Crippen LogP contribution in [0.2, 0.25) is 0 Å². The Morgan fingerprint density at radius 3 is 2.34 bits per heavy atom. The number of carbonyl (C=O) groups excluding carboxylic acids is 1. The number of benzene rings is 2. The van der Waals surface area contributed by atoms with Crippen molar-refractivity contribution >= 4 is 29.4 Å². The van der Waals surface area contributed by atoms with Gasteiger partial charge in [-0.2, -0.15) is 10.1 Å². The summed E-state index contributed by atoms with van der Waals surface area (Å²) in [6, 6.07) is 17.6. The third-order valence-electron chi connectivity index (χ3n) is 4.67. The monoisotopic (exact) mass is 386 g/mol. The van der Waals surface area contributed by atoms with Crippen molar-refractivity contribution in [2.75, 3.05) is 5.01 Å². The lowest BCUT2D eigenvalue weighted by Crippen LogP contribution is -2.21. The van der Waals surface area contributed by atoms with Crippen molar-refractivity contribution in [2.45, 2.75) is 13.8 Å². The van der Waals surface area contributed by atoms with Crippen LogP contribution in [0.1, 0.15) is 28.6 Å². The van der Waals surface area contributed by atoms with E-state index in [0.29, 0.717) is 28.5 Å². The van der Waals surface area contributed by atoms with Crippen LogP contribution in [0.5, 0.6) is 0 Å². The van der Waals surface area contributed by atoms with Gasteiger partial charge in [0.1, 0.15) is 11.5 Å². The van der Waals surface area contributed by atoms with Crippen LogP contribution in [0, 0.1) is 6.92 Å². The Morgan fingerprint density at radius 1 is 1.00 bits per heavy atom. The minimum Gasteiger partial charge on any atom is -0.478 e. The first-order valence-corrected chi connectivity index (χ1v) is 9.04. The highest BCUT2D eigenvalue weighted by atomic mass is 16.4. The Balaban J connectivity index is 1.58. The van der Waals surface area contributed by atoms with Gasteiger partial charge in [0, 0.05) is 5.56 Å². The van der Waals surface area contributed by atoms with E-state index in [1.54, 1.807) is 37.3 Å². The van der Waals surface area contributed by atoms with Crippen molar-refractivity contribution in [1.82, 2.24) is 0 Å². The second-order valence-corrected chi connectivity index (χ2v) is 6.78. The molecule has 6 heteroatoms. The Bertz CT molecular complexity index is 1150. The van der Waals surface area contributed by atoms with E-state index in [0.717, 1.165) is 11.1 Å². The molecule has 0 spiro atoms. The zero-order valence-electron chi connectivity index (χ0n) is 15.9. The summed E-state index contributed by atoms with van der Waals surface area (Å²) >= 11 is 0. The molecule has 1 aliphatic heterocycles. The lowest BCUT2D eigenvalue weighted by Gasteiger charge is -2.11. The van der Waals surface area contributed by atoms with Gasteiger partial charge < -0.3 is 9.52 Å². The second-order valence-electron chi connectivity index (χ2n) is 6.78. The van der Waals surface area contributed by atoms with Crippen LogP contribution in [-0.4, -0.2) is 22.7 Å². The van der Waals surface area contributed by atoms with E-state index in [1.807, 2.05) is 31.2 Å². The first kappa shape index (κ1) is 18.4. The largest absolute Gasteiger partial charge is 0.478 e. The lowest BCUT2D eigenvalue weighted by atomic mass is 10.1. The molecule has 1 aromatic heterocycles. The molecular weight excluding hydrogens is 368 g/mol. The third kappa shape index (κ3) is 3.60. The third-order valence-corrected chi connectivity index (χ3v) is 4.67. The van der Waals surface area contributed by atoms with E-state index in [4.69, 9.17) is 9.52 Å². The fourth-order valence-corrected chi connectivity index (χ4v) is 3.05. The van der Waals surface area contributed by atoms with Crippen molar-refractivity contribution in [1.29, 1.82) is 0 Å². The SMILES string of the molecule is CC1=NN(c2ccc(C)cc2)C(=O)C1=Cc1ccc(-c2ccc(C(=O)O)cc2)o1. The summed E-state index contributed by atoms with van der Waals surface area (Å²) in [4.78, 5) is 23.8. The number of hydrogen-bond acceptors (Lipinski definition) is 4. The molecule has 1 N–H and O–H groups in total. The number of carboxylic acid groups (broad SMARTS) is 1. The van der Waals surface area contributed by atoms with Crippen molar-refractivity contribution in [3.63, 3.8) is 0 Å². The molecule has 3 aromatic rings. The zero-order valence-corrected chi connectivity index (χ0v) is 15.9. The van der Waals surface area contributed by atoms with Gasteiger partial charge in [-0.05, 0) is 56.3 Å². The van der Waals surface area contributed by atoms with Crippen LogP contribution in [0.4, 0.5) is 5.69 Å². The Labute approximate surface area is 167 Å². The van der Waals surface area contributed by atoms with E-state index < -0.39 is 5.97 Å². The van der Waals surface area contributed by atoms with Gasteiger partial charge in [0.2, 0.25) is 0 Å². The molecule has 6 nitrogen and oxygen atoms in total. The number of aromatic carboxylic acids is 1. The predicted octanol–water partition coefficient (Wildman–Crippen LogP) is 4.76. The smallest absolute Gasteiger partial charge is 0.335 e. The van der Waals surface area contributed by atoms with Gasteiger partial charge >= 0.3 is 5.97 Å². The normalized spacial score (nSPS) is 15.1. The maximum Gasteiger partial charge on any atom is 0.335 e. The van der Waals surface area contributed by atoms with Gasteiger partial charge in [-0.15, -0.1) is 0 Å². The number of hydrogen-bond donors (Lipinski definition) is 1. The summed E-state index contributed by atoms with van der Waals surface area (Å²) in [5.41, 5.74) is 3.86. The number of carbonyl (C=O) groups is 2. The van der Waals surface area contributed by atoms with E-state index in [-0.39, 0.29) is 11.5 Å². The average Bonchev–Trinajstić information content (AvgIpc) is 3.29. The predicted molar refractivity (Wildman–Crippen MR) is 111 cm³/mol. The number of furan rings is 1. The Kier molecular flexibility index (Phi) is 4.60. The number of carboxylic acids is 1. The van der Waals surface area contributed by atoms with Crippen molar-refractivity contribution in [3.8, 4) is 11.3 Å². The van der Waals surface area contributed by atoms with Crippen LogP contribution in [0.3, 0.4) is 0 Å². The molecular formula is C23H18N2O4. The van der Waals surface area contributed by atoms with Crippen LogP contribution >= 0.6 is 0 Å². The fourth-order valence-electron chi connectivity index (χ4n) is 3.05. The number of anilines is 1. The number of hydrazone groups is 1. The van der Waals surface area contributed by atoms with Gasteiger partial charge in [0.25, 0.3) is 5.91 Å². The minimum absolute atomic E-state index is 0.210. The number of aryl methyl sites for hydroxylation is 1. The van der Waals surface area contributed by atoms with Crippen LogP contribution in [0.15, 0.2) is 75.8 Å². The molecule has 0 bridgehead atoms. The quantitative estimate of drug-likeness (QED) is 0.656. The summed E-state index contributed by atoms with van der Waals surface area (Å²) in [6.07, 6.45) is 1.67. The molecule has 0 saturated carbocycles. The second kappa shape index (κ2) is 7.24. The summed E-state index contributed by atoms with van der Waals surface area (Å²) in [6.45, 7) is 3.77. The van der Waals surface area contributed by atoms with E-state index >= 15 is 0 Å². The van der Waals surface area contributed by atoms with Crippen molar-refractivity contribution in [3.05, 3.63) is 83.1 Å². The Morgan fingerprint density at radius 2 is 1.69 bits per heavy atom. The summed E-state index contributed by atoms with van der Waals surface area (Å²) in [5.74, 6) is -0.0839. The molecule has 0 unspecified atom stereocenters. The highest BCUT2D eigenvalue weighted by Crippen LogP contribution is 2.28. The van der Waals surface area contributed by atoms with Crippen molar-refractivity contribution < 1.29 is 19.1 Å². The first-order chi connectivity index (χ1) is 13.9. The van der Waals surface area contributed by atoms with Crippen molar-refractivity contribution in [2.24, 2.45) is 5.10 Å².